The molecule has 0 saturated heterocycles. The van der Waals surface area contributed by atoms with Crippen LogP contribution in [0.4, 0.5) is 4.39 Å². The fourth-order valence-corrected chi connectivity index (χ4v) is 4.53. The zero-order valence-corrected chi connectivity index (χ0v) is 18.1. The molecule has 3 aromatic rings. The highest BCUT2D eigenvalue weighted by Crippen LogP contribution is 2.33. The predicted octanol–water partition coefficient (Wildman–Crippen LogP) is 3.66. The van der Waals surface area contributed by atoms with E-state index in [4.69, 9.17) is 4.74 Å². The summed E-state index contributed by atoms with van der Waals surface area (Å²) in [5.41, 5.74) is 3.52. The summed E-state index contributed by atoms with van der Waals surface area (Å²) >= 11 is 0. The van der Waals surface area contributed by atoms with Crippen molar-refractivity contribution in [3.05, 3.63) is 65.1 Å². The van der Waals surface area contributed by atoms with Crippen LogP contribution in [0.3, 0.4) is 0 Å². The van der Waals surface area contributed by atoms with Gasteiger partial charge in [0.2, 0.25) is 5.91 Å². The predicted molar refractivity (Wildman–Crippen MR) is 119 cm³/mol. The number of hydrogen-bond acceptors (Lipinski definition) is 4. The molecular weight excluding hydrogens is 411 g/mol. The molecule has 0 radical (unpaired) electrons. The number of ether oxygens (including phenoxy) is 1. The Morgan fingerprint density at radius 1 is 1.25 bits per heavy atom. The molecule has 0 aliphatic heterocycles. The number of carbonyl (C=O) groups is 2. The van der Waals surface area contributed by atoms with Gasteiger partial charge in [-0.05, 0) is 68.0 Å². The SMILES string of the molecule is CCOC(=O)Cn1c2c(c3cc(F)ccc31)C[C@@H](NC(=O)CCc1ccccc1O)CC2. The van der Waals surface area contributed by atoms with Crippen LogP contribution in [-0.4, -0.2) is 34.2 Å². The van der Waals surface area contributed by atoms with Crippen LogP contribution in [0.2, 0.25) is 0 Å². The third kappa shape index (κ3) is 4.61. The number of esters is 1. The fraction of sp³-hybridized carbons (Fsp3) is 0.360. The van der Waals surface area contributed by atoms with Gasteiger partial charge in [-0.25, -0.2) is 4.39 Å². The molecule has 6 nitrogen and oxygen atoms in total. The van der Waals surface area contributed by atoms with Crippen molar-refractivity contribution in [1.82, 2.24) is 9.88 Å². The second-order valence-electron chi connectivity index (χ2n) is 8.11. The first-order chi connectivity index (χ1) is 15.5. The maximum Gasteiger partial charge on any atom is 0.325 e. The van der Waals surface area contributed by atoms with Crippen molar-refractivity contribution in [2.45, 2.75) is 51.6 Å². The van der Waals surface area contributed by atoms with Crippen molar-refractivity contribution in [1.29, 1.82) is 0 Å². The van der Waals surface area contributed by atoms with Gasteiger partial charge in [0, 0.05) is 29.1 Å². The van der Waals surface area contributed by atoms with Crippen LogP contribution < -0.4 is 5.32 Å². The number of aromatic hydroxyl groups is 1. The van der Waals surface area contributed by atoms with E-state index in [2.05, 4.69) is 5.32 Å². The molecule has 2 N–H and O–H groups in total. The van der Waals surface area contributed by atoms with E-state index in [1.165, 1.54) is 12.1 Å². The Kier molecular flexibility index (Phi) is 6.44. The smallest absolute Gasteiger partial charge is 0.325 e. The van der Waals surface area contributed by atoms with Crippen molar-refractivity contribution in [3.63, 3.8) is 0 Å². The number of phenolic OH excluding ortho intramolecular Hbond substituents is 1. The Morgan fingerprint density at radius 3 is 2.84 bits per heavy atom. The minimum absolute atomic E-state index is 0.0655. The lowest BCUT2D eigenvalue weighted by atomic mass is 9.91. The van der Waals surface area contributed by atoms with Gasteiger partial charge in [0.05, 0.1) is 6.61 Å². The van der Waals surface area contributed by atoms with Gasteiger partial charge in [-0.1, -0.05) is 18.2 Å². The molecule has 0 spiro atoms. The van der Waals surface area contributed by atoms with Gasteiger partial charge in [0.1, 0.15) is 18.1 Å². The number of benzene rings is 2. The summed E-state index contributed by atoms with van der Waals surface area (Å²) in [7, 11) is 0. The van der Waals surface area contributed by atoms with Gasteiger partial charge in [-0.15, -0.1) is 0 Å². The number of nitrogens with zero attached hydrogens (tertiary/aromatic N) is 1. The van der Waals surface area contributed by atoms with E-state index in [0.717, 1.165) is 34.1 Å². The first-order valence-electron chi connectivity index (χ1n) is 11.0. The van der Waals surface area contributed by atoms with Crippen molar-refractivity contribution < 1.29 is 23.8 Å². The Hall–Kier alpha value is -3.35. The number of carbonyl (C=O) groups excluding carboxylic acids is 2. The first-order valence-corrected chi connectivity index (χ1v) is 11.0. The fourth-order valence-electron chi connectivity index (χ4n) is 4.53. The Balaban J connectivity index is 1.49. The standard InChI is InChI=1S/C25H27FN2O4/c1-2-32-25(31)15-28-21-10-8-17(26)13-19(21)20-14-18(9-11-22(20)28)27-24(30)12-7-16-5-3-4-6-23(16)29/h3-6,8,10,13,18,29H,2,7,9,11-12,14-15H2,1H3,(H,27,30)/t18-/m0/s1. The average molecular weight is 438 g/mol. The summed E-state index contributed by atoms with van der Waals surface area (Å²) in [5, 5.41) is 13.7. The van der Waals surface area contributed by atoms with Gasteiger partial charge >= 0.3 is 5.97 Å². The average Bonchev–Trinajstić information content (AvgIpc) is 3.05. The first kappa shape index (κ1) is 21.9. The van der Waals surface area contributed by atoms with Crippen molar-refractivity contribution in [3.8, 4) is 5.75 Å². The highest BCUT2D eigenvalue weighted by atomic mass is 19.1. The van der Waals surface area contributed by atoms with Crippen molar-refractivity contribution in [2.75, 3.05) is 6.61 Å². The van der Waals surface area contributed by atoms with E-state index in [-0.39, 0.29) is 42.5 Å². The number of halogens is 1. The summed E-state index contributed by atoms with van der Waals surface area (Å²) in [5.74, 6) is -0.541. The lowest BCUT2D eigenvalue weighted by Crippen LogP contribution is -2.39. The van der Waals surface area contributed by atoms with Gasteiger partial charge in [-0.3, -0.25) is 9.59 Å². The molecule has 7 heteroatoms. The largest absolute Gasteiger partial charge is 0.508 e. The van der Waals surface area contributed by atoms with Crippen LogP contribution in [0.25, 0.3) is 10.9 Å². The molecule has 0 unspecified atom stereocenters. The molecule has 1 amide bonds. The highest BCUT2D eigenvalue weighted by molar-refractivity contribution is 5.87. The zero-order valence-electron chi connectivity index (χ0n) is 18.1. The summed E-state index contributed by atoms with van der Waals surface area (Å²) in [6.07, 6.45) is 2.72. The zero-order chi connectivity index (χ0) is 22.7. The van der Waals surface area contributed by atoms with E-state index in [1.54, 1.807) is 25.1 Å². The van der Waals surface area contributed by atoms with E-state index in [0.29, 0.717) is 25.9 Å². The Labute approximate surface area is 186 Å². The monoisotopic (exact) mass is 438 g/mol. The van der Waals surface area contributed by atoms with E-state index < -0.39 is 0 Å². The maximum absolute atomic E-state index is 14.0. The number of nitrogens with one attached hydrogen (secondary N) is 1. The topological polar surface area (TPSA) is 80.6 Å². The summed E-state index contributed by atoms with van der Waals surface area (Å²) in [6, 6.07) is 11.5. The van der Waals surface area contributed by atoms with Crippen LogP contribution in [0.5, 0.6) is 5.75 Å². The Morgan fingerprint density at radius 2 is 2.06 bits per heavy atom. The van der Waals surface area contributed by atoms with Gasteiger partial charge in [-0.2, -0.15) is 0 Å². The van der Waals surface area contributed by atoms with Gasteiger partial charge in [0.25, 0.3) is 0 Å². The molecule has 1 aromatic heterocycles. The number of rotatable bonds is 7. The molecule has 1 atom stereocenters. The van der Waals surface area contributed by atoms with Crippen molar-refractivity contribution >= 4 is 22.8 Å². The third-order valence-electron chi connectivity index (χ3n) is 6.00. The molecule has 32 heavy (non-hydrogen) atoms. The number of hydrogen-bond donors (Lipinski definition) is 2. The van der Waals surface area contributed by atoms with Gasteiger partial charge < -0.3 is 19.7 Å². The van der Waals surface area contributed by atoms with Crippen LogP contribution in [-0.2, 0) is 40.1 Å². The van der Waals surface area contributed by atoms with E-state index in [9.17, 15) is 19.1 Å². The minimum Gasteiger partial charge on any atom is -0.508 e. The van der Waals surface area contributed by atoms with Crippen molar-refractivity contribution in [2.24, 2.45) is 0 Å². The van der Waals surface area contributed by atoms with E-state index >= 15 is 0 Å². The van der Waals surface area contributed by atoms with Crippen LogP contribution >= 0.6 is 0 Å². The quantitative estimate of drug-likeness (QED) is 0.552. The molecule has 0 saturated carbocycles. The molecule has 4 rings (SSSR count). The molecule has 0 bridgehead atoms. The number of aryl methyl sites for hydroxylation is 1. The maximum atomic E-state index is 14.0. The molecule has 1 heterocycles. The lowest BCUT2D eigenvalue weighted by Gasteiger charge is -2.25. The summed E-state index contributed by atoms with van der Waals surface area (Å²) < 4.78 is 21.0. The Bertz CT molecular complexity index is 1150. The number of fused-ring (bicyclic) bond motifs is 3. The molecular formula is C25H27FN2O4. The number of phenols is 1. The molecule has 1 aliphatic carbocycles. The van der Waals surface area contributed by atoms with Crippen LogP contribution in [0.1, 0.15) is 36.6 Å². The number of amides is 1. The number of para-hydroxylation sites is 1. The normalized spacial score (nSPS) is 15.4. The molecule has 0 fully saturated rings. The molecule has 1 aliphatic rings. The lowest BCUT2D eigenvalue weighted by molar-refractivity contribution is -0.143. The number of aromatic nitrogens is 1. The van der Waals surface area contributed by atoms with Crippen LogP contribution in [0, 0.1) is 5.82 Å². The summed E-state index contributed by atoms with van der Waals surface area (Å²) in [6.45, 7) is 2.16. The molecule has 2 aromatic carbocycles. The molecule has 168 valence electrons. The minimum atomic E-state index is -0.331. The van der Waals surface area contributed by atoms with Crippen LogP contribution in [0.15, 0.2) is 42.5 Å². The second kappa shape index (κ2) is 9.42. The third-order valence-corrected chi connectivity index (χ3v) is 6.00. The van der Waals surface area contributed by atoms with E-state index in [1.807, 2.05) is 16.7 Å². The second-order valence-corrected chi connectivity index (χ2v) is 8.11. The van der Waals surface area contributed by atoms with Gasteiger partial charge in [0.15, 0.2) is 0 Å². The highest BCUT2D eigenvalue weighted by Gasteiger charge is 2.27. The summed E-state index contributed by atoms with van der Waals surface area (Å²) in [4.78, 5) is 24.7.